The minimum Gasteiger partial charge on any atom is -0.457 e. The molecule has 0 aliphatic heterocycles. The van der Waals surface area contributed by atoms with Crippen molar-refractivity contribution in [3.8, 4) is 11.5 Å². The van der Waals surface area contributed by atoms with E-state index in [9.17, 15) is 0 Å². The molecular weight excluding hydrogens is 208 g/mol. The van der Waals surface area contributed by atoms with Gasteiger partial charge in [-0.3, -0.25) is 0 Å². The molecule has 0 saturated carbocycles. The standard InChI is InChI=1S/C16H18O/c1-11-6-5-7-15(8-11)17-16-10-13(3)12(2)9-14(16)4/h5-10H,1-4H3. The van der Waals surface area contributed by atoms with Gasteiger partial charge in [-0.25, -0.2) is 0 Å². The van der Waals surface area contributed by atoms with Gasteiger partial charge in [0.15, 0.2) is 0 Å². The zero-order chi connectivity index (χ0) is 12.4. The molecule has 0 unspecified atom stereocenters. The van der Waals surface area contributed by atoms with E-state index in [0.717, 1.165) is 11.5 Å². The molecule has 0 atom stereocenters. The highest BCUT2D eigenvalue weighted by Crippen LogP contribution is 2.27. The third kappa shape index (κ3) is 2.68. The molecule has 0 N–H and O–H groups in total. The van der Waals surface area contributed by atoms with E-state index >= 15 is 0 Å². The summed E-state index contributed by atoms with van der Waals surface area (Å²) in [6, 6.07) is 12.4. The number of ether oxygens (including phenoxy) is 1. The van der Waals surface area contributed by atoms with Gasteiger partial charge in [0.1, 0.15) is 11.5 Å². The minimum atomic E-state index is 0.899. The number of benzene rings is 2. The number of hydrogen-bond donors (Lipinski definition) is 0. The second kappa shape index (κ2) is 4.62. The largest absolute Gasteiger partial charge is 0.457 e. The van der Waals surface area contributed by atoms with E-state index in [-0.39, 0.29) is 0 Å². The summed E-state index contributed by atoms with van der Waals surface area (Å²) in [6.45, 7) is 8.38. The van der Waals surface area contributed by atoms with Gasteiger partial charge in [0, 0.05) is 0 Å². The van der Waals surface area contributed by atoms with Crippen LogP contribution in [0.5, 0.6) is 11.5 Å². The summed E-state index contributed by atoms with van der Waals surface area (Å²) >= 11 is 0. The molecule has 0 bridgehead atoms. The van der Waals surface area contributed by atoms with Gasteiger partial charge in [-0.1, -0.05) is 18.2 Å². The Hall–Kier alpha value is -1.76. The summed E-state index contributed by atoms with van der Waals surface area (Å²) in [6.07, 6.45) is 0. The maximum atomic E-state index is 5.93. The van der Waals surface area contributed by atoms with E-state index < -0.39 is 0 Å². The minimum absolute atomic E-state index is 0.899. The summed E-state index contributed by atoms with van der Waals surface area (Å²) in [5.41, 5.74) is 4.95. The van der Waals surface area contributed by atoms with Crippen molar-refractivity contribution in [1.82, 2.24) is 0 Å². The molecule has 0 amide bonds. The molecule has 17 heavy (non-hydrogen) atoms. The van der Waals surface area contributed by atoms with Crippen molar-refractivity contribution in [2.75, 3.05) is 0 Å². The fourth-order valence-corrected chi connectivity index (χ4v) is 1.85. The van der Waals surface area contributed by atoms with Crippen molar-refractivity contribution in [2.24, 2.45) is 0 Å². The highest BCUT2D eigenvalue weighted by molar-refractivity contribution is 5.43. The smallest absolute Gasteiger partial charge is 0.130 e. The molecule has 1 nitrogen and oxygen atoms in total. The molecule has 88 valence electrons. The van der Waals surface area contributed by atoms with Gasteiger partial charge < -0.3 is 4.74 Å². The predicted octanol–water partition coefficient (Wildman–Crippen LogP) is 4.71. The third-order valence-corrected chi connectivity index (χ3v) is 3.01. The Morgan fingerprint density at radius 2 is 1.47 bits per heavy atom. The number of aryl methyl sites for hydroxylation is 4. The quantitative estimate of drug-likeness (QED) is 0.720. The van der Waals surface area contributed by atoms with Gasteiger partial charge >= 0.3 is 0 Å². The van der Waals surface area contributed by atoms with Gasteiger partial charge in [-0.15, -0.1) is 0 Å². The normalized spacial score (nSPS) is 10.4. The molecule has 2 rings (SSSR count). The molecule has 0 radical (unpaired) electrons. The van der Waals surface area contributed by atoms with E-state index in [1.165, 1.54) is 22.3 Å². The van der Waals surface area contributed by atoms with Crippen LogP contribution in [0, 0.1) is 27.7 Å². The maximum absolute atomic E-state index is 5.93. The summed E-state index contributed by atoms with van der Waals surface area (Å²) in [7, 11) is 0. The number of rotatable bonds is 2. The molecule has 0 aliphatic carbocycles. The second-order valence-electron chi connectivity index (χ2n) is 4.62. The van der Waals surface area contributed by atoms with Crippen LogP contribution in [0.2, 0.25) is 0 Å². The van der Waals surface area contributed by atoms with Crippen molar-refractivity contribution in [3.63, 3.8) is 0 Å². The molecule has 0 aromatic heterocycles. The van der Waals surface area contributed by atoms with Gasteiger partial charge in [0.05, 0.1) is 0 Å². The van der Waals surface area contributed by atoms with Crippen LogP contribution in [0.15, 0.2) is 36.4 Å². The van der Waals surface area contributed by atoms with Crippen molar-refractivity contribution in [3.05, 3.63) is 58.7 Å². The van der Waals surface area contributed by atoms with E-state index in [1.54, 1.807) is 0 Å². The lowest BCUT2D eigenvalue weighted by atomic mass is 10.1. The summed E-state index contributed by atoms with van der Waals surface area (Å²) in [4.78, 5) is 0. The van der Waals surface area contributed by atoms with Gasteiger partial charge in [-0.2, -0.15) is 0 Å². The predicted molar refractivity (Wildman–Crippen MR) is 71.9 cm³/mol. The highest BCUT2D eigenvalue weighted by atomic mass is 16.5. The topological polar surface area (TPSA) is 9.23 Å². The molecule has 0 heterocycles. The van der Waals surface area contributed by atoms with Crippen LogP contribution in [0.25, 0.3) is 0 Å². The average Bonchev–Trinajstić information content (AvgIpc) is 2.26. The summed E-state index contributed by atoms with van der Waals surface area (Å²) in [5, 5.41) is 0. The summed E-state index contributed by atoms with van der Waals surface area (Å²) < 4.78 is 5.93. The van der Waals surface area contributed by atoms with Crippen LogP contribution in [0.1, 0.15) is 22.3 Å². The maximum Gasteiger partial charge on any atom is 0.130 e. The molecule has 1 heteroatoms. The summed E-state index contributed by atoms with van der Waals surface area (Å²) in [5.74, 6) is 1.84. The van der Waals surface area contributed by atoms with Gasteiger partial charge in [0.25, 0.3) is 0 Å². The van der Waals surface area contributed by atoms with Crippen LogP contribution in [0.4, 0.5) is 0 Å². The molecule has 0 spiro atoms. The lowest BCUT2D eigenvalue weighted by molar-refractivity contribution is 0.478. The van der Waals surface area contributed by atoms with Crippen LogP contribution in [-0.4, -0.2) is 0 Å². The first kappa shape index (κ1) is 11.7. The zero-order valence-corrected chi connectivity index (χ0v) is 10.9. The lowest BCUT2D eigenvalue weighted by Gasteiger charge is -2.11. The van der Waals surface area contributed by atoms with E-state index in [2.05, 4.69) is 52.0 Å². The first-order valence-corrected chi connectivity index (χ1v) is 5.88. The monoisotopic (exact) mass is 226 g/mol. The Bertz CT molecular complexity index is 541. The van der Waals surface area contributed by atoms with Crippen LogP contribution < -0.4 is 4.74 Å². The Kier molecular flexibility index (Phi) is 3.19. The Labute approximate surface area is 103 Å². The van der Waals surface area contributed by atoms with Crippen molar-refractivity contribution >= 4 is 0 Å². The SMILES string of the molecule is Cc1cccc(Oc2cc(C)c(C)cc2C)c1. The van der Waals surface area contributed by atoms with Crippen molar-refractivity contribution < 1.29 is 4.74 Å². The van der Waals surface area contributed by atoms with Crippen LogP contribution in [-0.2, 0) is 0 Å². The lowest BCUT2D eigenvalue weighted by Crippen LogP contribution is -1.91. The molecular formula is C16H18O. The van der Waals surface area contributed by atoms with Crippen molar-refractivity contribution in [1.29, 1.82) is 0 Å². The highest BCUT2D eigenvalue weighted by Gasteiger charge is 2.04. The first-order valence-electron chi connectivity index (χ1n) is 5.88. The number of hydrogen-bond acceptors (Lipinski definition) is 1. The zero-order valence-electron chi connectivity index (χ0n) is 10.9. The van der Waals surface area contributed by atoms with Crippen molar-refractivity contribution in [2.45, 2.75) is 27.7 Å². The van der Waals surface area contributed by atoms with E-state index in [0.29, 0.717) is 0 Å². The first-order chi connectivity index (χ1) is 8.06. The molecule has 2 aromatic rings. The van der Waals surface area contributed by atoms with Gasteiger partial charge in [-0.05, 0) is 68.1 Å². The van der Waals surface area contributed by atoms with Crippen LogP contribution >= 0.6 is 0 Å². The van der Waals surface area contributed by atoms with Gasteiger partial charge in [0.2, 0.25) is 0 Å². The Morgan fingerprint density at radius 1 is 0.765 bits per heavy atom. The Morgan fingerprint density at radius 3 is 2.18 bits per heavy atom. The molecule has 2 aromatic carbocycles. The molecule has 0 aliphatic rings. The average molecular weight is 226 g/mol. The second-order valence-corrected chi connectivity index (χ2v) is 4.62. The molecule has 0 saturated heterocycles. The van der Waals surface area contributed by atoms with Crippen LogP contribution in [0.3, 0.4) is 0 Å². The van der Waals surface area contributed by atoms with E-state index in [1.807, 2.05) is 12.1 Å². The fraction of sp³-hybridized carbons (Fsp3) is 0.250. The fourth-order valence-electron chi connectivity index (χ4n) is 1.85. The Balaban J connectivity index is 2.33. The third-order valence-electron chi connectivity index (χ3n) is 3.01. The molecule has 0 fully saturated rings. The van der Waals surface area contributed by atoms with E-state index in [4.69, 9.17) is 4.74 Å².